The monoisotopic (exact) mass is 501 g/mol. The molecule has 0 spiro atoms. The summed E-state index contributed by atoms with van der Waals surface area (Å²) in [7, 11) is 0. The summed E-state index contributed by atoms with van der Waals surface area (Å²) >= 11 is 1.53. The Labute approximate surface area is 208 Å². The molecule has 0 unspecified atom stereocenters. The zero-order chi connectivity index (χ0) is 26.3. The maximum atomic E-state index is 12.6. The molecule has 0 radical (unpaired) electrons. The van der Waals surface area contributed by atoms with Gasteiger partial charge in [0.1, 0.15) is 5.60 Å². The zero-order valence-corrected chi connectivity index (χ0v) is 22.8. The first-order valence-electron chi connectivity index (χ1n) is 12.0. The summed E-state index contributed by atoms with van der Waals surface area (Å²) in [6.45, 7) is 17.1. The van der Waals surface area contributed by atoms with Crippen molar-refractivity contribution in [3.05, 3.63) is 30.5 Å². The molecule has 2 heterocycles. The molecule has 194 valence electrons. The number of nitrogens with zero attached hydrogens (tertiary/aromatic N) is 3. The van der Waals surface area contributed by atoms with E-state index in [9.17, 15) is 13.6 Å². The SMILES string of the molecule is CC.CC.CC.CC(C)(C)OC(=O)N1CCN(Sc2cccc3c(OC(F)F)nccc23)CC1. The van der Waals surface area contributed by atoms with Gasteiger partial charge in [0, 0.05) is 48.0 Å². The van der Waals surface area contributed by atoms with E-state index in [0.717, 1.165) is 10.3 Å². The van der Waals surface area contributed by atoms with Crippen molar-refractivity contribution in [2.75, 3.05) is 26.2 Å². The van der Waals surface area contributed by atoms with Crippen molar-refractivity contribution in [1.29, 1.82) is 0 Å². The second-order valence-electron chi connectivity index (χ2n) is 7.33. The van der Waals surface area contributed by atoms with Crippen LogP contribution in [-0.4, -0.2) is 58.7 Å². The predicted octanol–water partition coefficient (Wildman–Crippen LogP) is 7.47. The molecule has 1 aromatic heterocycles. The van der Waals surface area contributed by atoms with Crippen LogP contribution in [0.5, 0.6) is 5.88 Å². The van der Waals surface area contributed by atoms with Crippen molar-refractivity contribution in [1.82, 2.24) is 14.2 Å². The van der Waals surface area contributed by atoms with Crippen LogP contribution in [0.15, 0.2) is 35.4 Å². The van der Waals surface area contributed by atoms with Gasteiger partial charge in [-0.15, -0.1) is 0 Å². The third-order valence-corrected chi connectivity index (χ3v) is 5.22. The molecule has 1 amide bonds. The minimum Gasteiger partial charge on any atom is -0.444 e. The number of carbonyl (C=O) groups excluding carboxylic acids is 1. The molecule has 0 N–H and O–H groups in total. The van der Waals surface area contributed by atoms with Gasteiger partial charge in [-0.05, 0) is 50.9 Å². The van der Waals surface area contributed by atoms with E-state index < -0.39 is 12.2 Å². The highest BCUT2D eigenvalue weighted by molar-refractivity contribution is 7.97. The number of pyridine rings is 1. The fourth-order valence-electron chi connectivity index (χ4n) is 2.84. The largest absolute Gasteiger partial charge is 0.444 e. The van der Waals surface area contributed by atoms with Gasteiger partial charge in [0.2, 0.25) is 5.88 Å². The van der Waals surface area contributed by atoms with E-state index in [-0.39, 0.29) is 12.0 Å². The molecule has 6 nitrogen and oxygen atoms in total. The van der Waals surface area contributed by atoms with Crippen molar-refractivity contribution in [3.8, 4) is 5.88 Å². The van der Waals surface area contributed by atoms with Crippen LogP contribution in [0.1, 0.15) is 62.3 Å². The molecule has 1 aliphatic rings. The van der Waals surface area contributed by atoms with Gasteiger partial charge in [0.25, 0.3) is 0 Å². The number of benzene rings is 1. The number of rotatable bonds is 4. The Kier molecular flexibility index (Phi) is 15.5. The van der Waals surface area contributed by atoms with E-state index in [2.05, 4.69) is 14.0 Å². The summed E-state index contributed by atoms with van der Waals surface area (Å²) in [6.07, 6.45) is 1.16. The number of ether oxygens (including phenoxy) is 2. The molecular formula is C25H41F2N3O3S. The highest BCUT2D eigenvalue weighted by atomic mass is 32.2. The number of halogens is 2. The Bertz CT molecular complexity index is 840. The normalized spacial score (nSPS) is 13.6. The molecule has 0 saturated carbocycles. The molecule has 0 atom stereocenters. The van der Waals surface area contributed by atoms with Gasteiger partial charge in [-0.1, -0.05) is 47.6 Å². The molecule has 9 heteroatoms. The number of carbonyl (C=O) groups is 1. The van der Waals surface area contributed by atoms with Crippen molar-refractivity contribution in [2.45, 2.75) is 79.4 Å². The summed E-state index contributed by atoms with van der Waals surface area (Å²) in [4.78, 5) is 18.7. The van der Waals surface area contributed by atoms with E-state index in [1.54, 1.807) is 23.1 Å². The van der Waals surface area contributed by atoms with Gasteiger partial charge in [-0.25, -0.2) is 14.1 Å². The van der Waals surface area contributed by atoms with Crippen LogP contribution in [0, 0.1) is 0 Å². The number of piperazine rings is 1. The highest BCUT2D eigenvalue weighted by Crippen LogP contribution is 2.34. The van der Waals surface area contributed by atoms with Gasteiger partial charge in [-0.2, -0.15) is 8.78 Å². The Hall–Kier alpha value is -2.13. The van der Waals surface area contributed by atoms with E-state index in [1.165, 1.54) is 18.1 Å². The van der Waals surface area contributed by atoms with Crippen LogP contribution in [0.3, 0.4) is 0 Å². The number of aromatic nitrogens is 1. The highest BCUT2D eigenvalue weighted by Gasteiger charge is 2.26. The van der Waals surface area contributed by atoms with Crippen LogP contribution in [-0.2, 0) is 4.74 Å². The summed E-state index contributed by atoms with van der Waals surface area (Å²) in [5, 5.41) is 1.34. The Morgan fingerprint density at radius 2 is 1.56 bits per heavy atom. The first-order valence-corrected chi connectivity index (χ1v) is 12.7. The van der Waals surface area contributed by atoms with E-state index in [4.69, 9.17) is 4.74 Å². The summed E-state index contributed by atoms with van der Waals surface area (Å²) in [6, 6.07) is 7.22. The lowest BCUT2D eigenvalue weighted by molar-refractivity contribution is -0.0517. The average molecular weight is 502 g/mol. The third kappa shape index (κ3) is 10.4. The fourth-order valence-corrected chi connectivity index (χ4v) is 3.88. The lowest BCUT2D eigenvalue weighted by Gasteiger charge is -2.35. The van der Waals surface area contributed by atoms with Crippen LogP contribution in [0.4, 0.5) is 13.6 Å². The minimum absolute atomic E-state index is 0.0790. The lowest BCUT2D eigenvalue weighted by atomic mass is 10.2. The summed E-state index contributed by atoms with van der Waals surface area (Å²) in [5.41, 5.74) is -0.516. The standard InChI is InChI=1S/C19H23F2N3O3S.3C2H6/c1-19(2,3)27-18(25)23-9-11-24(12-10-23)28-15-6-4-5-14-13(15)7-8-22-16(14)26-17(20)21;3*1-2/h4-8,17H,9-12H2,1-3H3;3*1-2H3. The average Bonchev–Trinajstić information content (AvgIpc) is 2.83. The van der Waals surface area contributed by atoms with Crippen molar-refractivity contribution in [2.24, 2.45) is 0 Å². The van der Waals surface area contributed by atoms with Crippen molar-refractivity contribution in [3.63, 3.8) is 0 Å². The summed E-state index contributed by atoms with van der Waals surface area (Å²) < 4.78 is 37.3. The van der Waals surface area contributed by atoms with Crippen LogP contribution in [0.25, 0.3) is 10.8 Å². The smallest absolute Gasteiger partial charge is 0.410 e. The topological polar surface area (TPSA) is 54.9 Å². The molecule has 1 aromatic carbocycles. The van der Waals surface area contributed by atoms with Gasteiger partial charge < -0.3 is 14.4 Å². The molecule has 1 aliphatic heterocycles. The van der Waals surface area contributed by atoms with Crippen LogP contribution >= 0.6 is 11.9 Å². The molecule has 34 heavy (non-hydrogen) atoms. The first kappa shape index (κ1) is 31.9. The Morgan fingerprint density at radius 1 is 0.971 bits per heavy atom. The second kappa shape index (κ2) is 16.5. The first-order chi connectivity index (χ1) is 16.2. The molecular weight excluding hydrogens is 460 g/mol. The Morgan fingerprint density at radius 3 is 2.09 bits per heavy atom. The second-order valence-corrected chi connectivity index (χ2v) is 8.47. The number of hydrogen-bond acceptors (Lipinski definition) is 6. The quantitative estimate of drug-likeness (QED) is 0.405. The molecule has 1 saturated heterocycles. The number of amides is 1. The van der Waals surface area contributed by atoms with Crippen molar-refractivity contribution < 1.29 is 23.0 Å². The zero-order valence-electron chi connectivity index (χ0n) is 22.0. The van der Waals surface area contributed by atoms with Gasteiger partial charge in [0.15, 0.2) is 0 Å². The number of alkyl halides is 2. The van der Waals surface area contributed by atoms with E-state index in [0.29, 0.717) is 31.6 Å². The number of fused-ring (bicyclic) bond motifs is 1. The fraction of sp³-hybridized carbons (Fsp3) is 0.600. The maximum absolute atomic E-state index is 12.6. The third-order valence-electron chi connectivity index (χ3n) is 4.05. The van der Waals surface area contributed by atoms with E-state index in [1.807, 2.05) is 68.4 Å². The maximum Gasteiger partial charge on any atom is 0.410 e. The van der Waals surface area contributed by atoms with Crippen LogP contribution < -0.4 is 4.74 Å². The number of hydrogen-bond donors (Lipinski definition) is 0. The Balaban J connectivity index is 0.00000168. The molecule has 2 aromatic rings. The molecule has 1 fully saturated rings. The van der Waals surface area contributed by atoms with Gasteiger partial charge >= 0.3 is 12.7 Å². The minimum atomic E-state index is -2.92. The van der Waals surface area contributed by atoms with Gasteiger partial charge in [0.05, 0.1) is 0 Å². The lowest BCUT2D eigenvalue weighted by Crippen LogP contribution is -2.47. The predicted molar refractivity (Wildman–Crippen MR) is 138 cm³/mol. The van der Waals surface area contributed by atoms with Gasteiger partial charge in [-0.3, -0.25) is 0 Å². The van der Waals surface area contributed by atoms with E-state index >= 15 is 0 Å². The molecule has 0 bridgehead atoms. The molecule has 0 aliphatic carbocycles. The van der Waals surface area contributed by atoms with Crippen molar-refractivity contribution >= 4 is 28.8 Å². The summed E-state index contributed by atoms with van der Waals surface area (Å²) in [5.74, 6) is -0.0790. The van der Waals surface area contributed by atoms with Crippen LogP contribution in [0.2, 0.25) is 0 Å². The molecule has 3 rings (SSSR count).